The summed E-state index contributed by atoms with van der Waals surface area (Å²) in [5.74, 6) is 0. The van der Waals surface area contributed by atoms with Gasteiger partial charge < -0.3 is 0 Å². The Morgan fingerprint density at radius 3 is 1.83 bits per heavy atom. The third-order valence-electron chi connectivity index (χ3n) is 0.677. The molecule has 0 spiro atoms. The van der Waals surface area contributed by atoms with E-state index in [0.717, 1.165) is 0 Å². The average Bonchev–Trinajstić information content (AvgIpc) is 1.86. The van der Waals surface area contributed by atoms with E-state index in [4.69, 9.17) is 0 Å². The molecule has 0 heterocycles. The van der Waals surface area contributed by atoms with Crippen molar-refractivity contribution in [3.8, 4) is 0 Å². The van der Waals surface area contributed by atoms with E-state index >= 15 is 0 Å². The molecule has 1 rings (SSSR count). The van der Waals surface area contributed by atoms with Gasteiger partial charge in [-0.25, -0.2) is 0 Å². The van der Waals surface area contributed by atoms with Crippen LogP contribution in [0.15, 0.2) is 24.3 Å². The van der Waals surface area contributed by atoms with Crippen molar-refractivity contribution in [1.82, 2.24) is 0 Å². The van der Waals surface area contributed by atoms with Gasteiger partial charge in [0, 0.05) is 0 Å². The summed E-state index contributed by atoms with van der Waals surface area (Å²) in [4.78, 5) is 0. The normalized spacial score (nSPS) is 20.3. The van der Waals surface area contributed by atoms with Crippen molar-refractivity contribution in [2.24, 2.45) is 0 Å². The van der Waals surface area contributed by atoms with E-state index in [1.807, 2.05) is 12.2 Å². The SMILES string of the molecule is [Pd][CH]1C=CC=C1. The summed E-state index contributed by atoms with van der Waals surface area (Å²) in [7, 11) is 0. The van der Waals surface area contributed by atoms with E-state index < -0.39 is 0 Å². The van der Waals surface area contributed by atoms with Crippen LogP contribution < -0.4 is 0 Å². The van der Waals surface area contributed by atoms with Crippen molar-refractivity contribution in [1.29, 1.82) is 0 Å². The maximum atomic E-state index is 3.12. The first-order valence-corrected chi connectivity index (χ1v) is 2.75. The summed E-state index contributed by atoms with van der Waals surface area (Å²) in [6.45, 7) is 0. The Morgan fingerprint density at radius 1 is 1.17 bits per heavy atom. The molecule has 1 aliphatic carbocycles. The van der Waals surface area contributed by atoms with Crippen LogP contribution in [0.3, 0.4) is 0 Å². The Labute approximate surface area is 48.3 Å². The zero-order valence-electron chi connectivity index (χ0n) is 3.20. The van der Waals surface area contributed by atoms with Crippen LogP contribution in [0.5, 0.6) is 0 Å². The Morgan fingerprint density at radius 2 is 1.67 bits per heavy atom. The Balaban J connectivity index is 2.60. The molecular weight excluding hydrogens is 166 g/mol. The molecule has 0 nitrogen and oxygen atoms in total. The minimum atomic E-state index is 0.535. The van der Waals surface area contributed by atoms with Gasteiger partial charge in [-0.15, -0.1) is 0 Å². The summed E-state index contributed by atoms with van der Waals surface area (Å²) in [6.07, 6.45) is 8.27. The van der Waals surface area contributed by atoms with E-state index in [2.05, 4.69) is 31.4 Å². The zero-order valence-corrected chi connectivity index (χ0v) is 4.76. The number of allylic oxidation sites excluding steroid dienone is 4. The van der Waals surface area contributed by atoms with Gasteiger partial charge in [0.2, 0.25) is 0 Å². The molecule has 0 N–H and O–H groups in total. The fourth-order valence-corrected chi connectivity index (χ4v) is 0.736. The summed E-state index contributed by atoms with van der Waals surface area (Å²) in [5, 5.41) is 0. The van der Waals surface area contributed by atoms with Gasteiger partial charge in [0.25, 0.3) is 0 Å². The van der Waals surface area contributed by atoms with Gasteiger partial charge in [-0.2, -0.15) is 0 Å². The van der Waals surface area contributed by atoms with Gasteiger partial charge in [-0.1, -0.05) is 0 Å². The fourth-order valence-electron chi connectivity index (χ4n) is 0.391. The maximum absolute atomic E-state index is 3.12. The molecule has 0 saturated carbocycles. The number of rotatable bonds is 0. The number of hydrogen-bond donors (Lipinski definition) is 0. The van der Waals surface area contributed by atoms with Crippen LogP contribution >= 0.6 is 0 Å². The predicted molar refractivity (Wildman–Crippen MR) is 22.0 cm³/mol. The zero-order chi connectivity index (χ0) is 4.41. The molecule has 0 fully saturated rings. The van der Waals surface area contributed by atoms with E-state index in [9.17, 15) is 0 Å². The molecule has 0 unspecified atom stereocenters. The van der Waals surface area contributed by atoms with E-state index in [0.29, 0.717) is 4.39 Å². The first kappa shape index (κ1) is 4.31. The molecule has 0 amide bonds. The molecular formula is C5H5Pd. The van der Waals surface area contributed by atoms with Crippen LogP contribution in [-0.4, -0.2) is 0 Å². The molecule has 0 aromatic carbocycles. The van der Waals surface area contributed by atoms with Gasteiger partial charge in [-0.05, 0) is 0 Å². The van der Waals surface area contributed by atoms with Crippen LogP contribution in [0.2, 0.25) is 4.39 Å². The van der Waals surface area contributed by atoms with Crippen molar-refractivity contribution < 1.29 is 19.2 Å². The van der Waals surface area contributed by atoms with Crippen LogP contribution in [0, 0.1) is 0 Å². The standard InChI is InChI=1S/C5H5.Pd/c1-2-4-5-3-1;/h1-5H;. The summed E-state index contributed by atoms with van der Waals surface area (Å²) in [5.41, 5.74) is 0. The van der Waals surface area contributed by atoms with Crippen molar-refractivity contribution in [2.75, 3.05) is 0 Å². The topological polar surface area (TPSA) is 0 Å². The molecule has 0 aliphatic heterocycles. The van der Waals surface area contributed by atoms with E-state index in [1.165, 1.54) is 0 Å². The molecule has 35 valence electrons. The molecule has 6 heavy (non-hydrogen) atoms. The average molecular weight is 172 g/mol. The van der Waals surface area contributed by atoms with Gasteiger partial charge in [0.05, 0.1) is 0 Å². The second kappa shape index (κ2) is 1.73. The third-order valence-corrected chi connectivity index (χ3v) is 1.28. The third kappa shape index (κ3) is 0.802. The quantitative estimate of drug-likeness (QED) is 0.484. The summed E-state index contributed by atoms with van der Waals surface area (Å²) >= 11 is 3.12. The molecule has 0 atom stereocenters. The minimum absolute atomic E-state index is 0.535. The second-order valence-corrected chi connectivity index (χ2v) is 2.21. The second-order valence-electron chi connectivity index (χ2n) is 1.17. The molecule has 0 saturated heterocycles. The molecule has 0 radical (unpaired) electrons. The van der Waals surface area contributed by atoms with Crippen molar-refractivity contribution in [2.45, 2.75) is 4.39 Å². The summed E-state index contributed by atoms with van der Waals surface area (Å²) < 4.78 is 0.535. The van der Waals surface area contributed by atoms with Crippen LogP contribution in [-0.2, 0) is 19.2 Å². The van der Waals surface area contributed by atoms with Gasteiger partial charge >= 0.3 is 47.9 Å². The van der Waals surface area contributed by atoms with Gasteiger partial charge in [0.15, 0.2) is 0 Å². The fraction of sp³-hybridized carbons (Fsp3) is 0.200. The van der Waals surface area contributed by atoms with Gasteiger partial charge in [0.1, 0.15) is 0 Å². The molecule has 0 aromatic rings. The van der Waals surface area contributed by atoms with Crippen molar-refractivity contribution in [3.63, 3.8) is 0 Å². The van der Waals surface area contributed by atoms with Crippen LogP contribution in [0.25, 0.3) is 0 Å². The monoisotopic (exact) mass is 171 g/mol. The van der Waals surface area contributed by atoms with Crippen molar-refractivity contribution in [3.05, 3.63) is 24.3 Å². The first-order chi connectivity index (χ1) is 2.89. The van der Waals surface area contributed by atoms with Crippen LogP contribution in [0.4, 0.5) is 0 Å². The Hall–Kier alpha value is 0.142. The first-order valence-electron chi connectivity index (χ1n) is 1.85. The molecule has 0 bridgehead atoms. The number of hydrogen-bond acceptors (Lipinski definition) is 0. The van der Waals surface area contributed by atoms with Crippen molar-refractivity contribution >= 4 is 0 Å². The Bertz CT molecular complexity index is 80.1. The molecule has 1 heteroatoms. The van der Waals surface area contributed by atoms with Crippen LogP contribution in [0.1, 0.15) is 0 Å². The Kier molecular flexibility index (Phi) is 1.24. The molecule has 1 aliphatic rings. The predicted octanol–water partition coefficient (Wildman–Crippen LogP) is 1.45. The van der Waals surface area contributed by atoms with E-state index in [1.54, 1.807) is 0 Å². The molecule has 0 aromatic heterocycles. The van der Waals surface area contributed by atoms with E-state index in [-0.39, 0.29) is 0 Å². The van der Waals surface area contributed by atoms with Gasteiger partial charge in [-0.3, -0.25) is 0 Å². The summed E-state index contributed by atoms with van der Waals surface area (Å²) in [6, 6.07) is 0.